The minimum atomic E-state index is 0.268. The van der Waals surface area contributed by atoms with E-state index in [4.69, 9.17) is 11.6 Å². The molecule has 1 atom stereocenters. The Balaban J connectivity index is 1.98. The molecule has 1 aliphatic rings. The first-order valence-electron chi connectivity index (χ1n) is 6.62. The van der Waals surface area contributed by atoms with Crippen LogP contribution in [0, 0.1) is 0 Å². The average Bonchev–Trinajstić information content (AvgIpc) is 2.93. The molecule has 0 bridgehead atoms. The van der Waals surface area contributed by atoms with Crippen LogP contribution in [-0.4, -0.2) is 24.4 Å². The Morgan fingerprint density at radius 3 is 2.45 bits per heavy atom. The fourth-order valence-corrected chi connectivity index (χ4v) is 2.60. The summed E-state index contributed by atoms with van der Waals surface area (Å²) in [5.41, 5.74) is 6.55. The molecule has 0 radical (unpaired) electrons. The first-order chi connectivity index (χ1) is 9.78. The highest BCUT2D eigenvalue weighted by Crippen LogP contribution is 2.28. The third-order valence-corrected chi connectivity index (χ3v) is 3.77. The standard InChI is InChI=1S/C16H16ClN3/c1-18-20-11-15(12-5-3-2-4-6-12)16(19-20)13-7-9-14(17)10-8-13/h2-10,15,18H,11H2,1H3. The summed E-state index contributed by atoms with van der Waals surface area (Å²) >= 11 is 5.97. The third kappa shape index (κ3) is 2.55. The van der Waals surface area contributed by atoms with E-state index >= 15 is 0 Å². The van der Waals surface area contributed by atoms with E-state index in [0.29, 0.717) is 0 Å². The zero-order chi connectivity index (χ0) is 13.9. The molecule has 1 heterocycles. The van der Waals surface area contributed by atoms with Gasteiger partial charge in [0, 0.05) is 18.0 Å². The highest BCUT2D eigenvalue weighted by atomic mass is 35.5. The minimum absolute atomic E-state index is 0.268. The predicted octanol–water partition coefficient (Wildman–Crippen LogP) is 3.28. The number of hydrazone groups is 1. The molecule has 20 heavy (non-hydrogen) atoms. The van der Waals surface area contributed by atoms with Crippen LogP contribution in [-0.2, 0) is 0 Å². The van der Waals surface area contributed by atoms with E-state index in [1.54, 1.807) is 0 Å². The number of nitrogens with zero attached hydrogens (tertiary/aromatic N) is 2. The zero-order valence-corrected chi connectivity index (χ0v) is 12.0. The van der Waals surface area contributed by atoms with Crippen molar-refractivity contribution >= 4 is 17.3 Å². The van der Waals surface area contributed by atoms with E-state index in [0.717, 1.165) is 22.8 Å². The lowest BCUT2D eigenvalue weighted by molar-refractivity contribution is 0.237. The lowest BCUT2D eigenvalue weighted by Crippen LogP contribution is -2.29. The second-order valence-electron chi connectivity index (χ2n) is 4.76. The molecule has 0 saturated heterocycles. The molecule has 102 valence electrons. The van der Waals surface area contributed by atoms with Crippen molar-refractivity contribution in [2.45, 2.75) is 5.92 Å². The Labute approximate surface area is 123 Å². The van der Waals surface area contributed by atoms with E-state index in [9.17, 15) is 0 Å². The molecule has 3 nitrogen and oxygen atoms in total. The molecule has 0 aliphatic carbocycles. The van der Waals surface area contributed by atoms with E-state index in [1.165, 1.54) is 5.56 Å². The van der Waals surface area contributed by atoms with Crippen molar-refractivity contribution in [2.75, 3.05) is 13.6 Å². The van der Waals surface area contributed by atoms with Gasteiger partial charge in [0.25, 0.3) is 0 Å². The average molecular weight is 286 g/mol. The Bertz CT molecular complexity index is 607. The van der Waals surface area contributed by atoms with Crippen LogP contribution in [0.3, 0.4) is 0 Å². The second kappa shape index (κ2) is 5.65. The van der Waals surface area contributed by atoms with E-state index in [1.807, 2.05) is 42.5 Å². The van der Waals surface area contributed by atoms with Crippen LogP contribution in [0.2, 0.25) is 5.02 Å². The Morgan fingerprint density at radius 2 is 1.80 bits per heavy atom. The van der Waals surface area contributed by atoms with Gasteiger partial charge < -0.3 is 0 Å². The molecule has 0 aromatic heterocycles. The maximum Gasteiger partial charge on any atom is 0.0787 e. The summed E-state index contributed by atoms with van der Waals surface area (Å²) in [4.78, 5) is 0. The van der Waals surface area contributed by atoms with Gasteiger partial charge in [-0.05, 0) is 23.3 Å². The van der Waals surface area contributed by atoms with Gasteiger partial charge in [0.1, 0.15) is 0 Å². The fourth-order valence-electron chi connectivity index (χ4n) is 2.47. The molecular weight excluding hydrogens is 270 g/mol. The number of hydrogen-bond donors (Lipinski definition) is 1. The molecule has 0 amide bonds. The first kappa shape index (κ1) is 13.2. The normalized spacial score (nSPS) is 18.2. The van der Waals surface area contributed by atoms with Crippen molar-refractivity contribution in [3.63, 3.8) is 0 Å². The number of benzene rings is 2. The summed E-state index contributed by atoms with van der Waals surface area (Å²) in [7, 11) is 1.89. The van der Waals surface area contributed by atoms with Crippen molar-refractivity contribution in [3.8, 4) is 0 Å². The number of rotatable bonds is 3. The highest BCUT2D eigenvalue weighted by molar-refractivity contribution is 6.30. The van der Waals surface area contributed by atoms with Crippen molar-refractivity contribution in [2.24, 2.45) is 5.10 Å². The zero-order valence-electron chi connectivity index (χ0n) is 11.3. The SMILES string of the molecule is CNN1CC(c2ccccc2)C(c2ccc(Cl)cc2)=N1. The molecule has 1 N–H and O–H groups in total. The molecule has 1 aliphatic heterocycles. The largest absolute Gasteiger partial charge is 0.229 e. The predicted molar refractivity (Wildman–Crippen MR) is 82.9 cm³/mol. The molecule has 0 fully saturated rings. The van der Waals surface area contributed by atoms with Crippen LogP contribution in [0.15, 0.2) is 59.7 Å². The van der Waals surface area contributed by atoms with Crippen molar-refractivity contribution in [1.82, 2.24) is 10.5 Å². The van der Waals surface area contributed by atoms with E-state index < -0.39 is 0 Å². The molecule has 2 aromatic carbocycles. The molecule has 0 saturated carbocycles. The molecular formula is C16H16ClN3. The quantitative estimate of drug-likeness (QED) is 0.937. The fraction of sp³-hybridized carbons (Fsp3) is 0.188. The van der Waals surface area contributed by atoms with Gasteiger partial charge in [0.05, 0.1) is 12.3 Å². The maximum absolute atomic E-state index is 5.97. The molecule has 1 unspecified atom stereocenters. The summed E-state index contributed by atoms with van der Waals surface area (Å²) in [5.74, 6) is 0.268. The van der Waals surface area contributed by atoms with Crippen LogP contribution in [0.5, 0.6) is 0 Å². The molecule has 4 heteroatoms. The van der Waals surface area contributed by atoms with Gasteiger partial charge in [0.15, 0.2) is 0 Å². The second-order valence-corrected chi connectivity index (χ2v) is 5.20. The van der Waals surface area contributed by atoms with E-state index in [2.05, 4.69) is 34.8 Å². The van der Waals surface area contributed by atoms with Gasteiger partial charge in [-0.3, -0.25) is 0 Å². The van der Waals surface area contributed by atoms with Crippen molar-refractivity contribution in [3.05, 3.63) is 70.7 Å². The summed E-state index contributed by atoms with van der Waals surface area (Å²) in [6, 6.07) is 18.3. The van der Waals surface area contributed by atoms with Crippen LogP contribution in [0.25, 0.3) is 0 Å². The summed E-state index contributed by atoms with van der Waals surface area (Å²) < 4.78 is 0. The van der Waals surface area contributed by atoms with Gasteiger partial charge in [-0.1, -0.05) is 54.1 Å². The topological polar surface area (TPSA) is 27.6 Å². The van der Waals surface area contributed by atoms with Gasteiger partial charge in [-0.2, -0.15) is 5.10 Å². The van der Waals surface area contributed by atoms with E-state index in [-0.39, 0.29) is 5.92 Å². The lowest BCUT2D eigenvalue weighted by Gasteiger charge is -2.15. The van der Waals surface area contributed by atoms with Crippen LogP contribution >= 0.6 is 11.6 Å². The smallest absolute Gasteiger partial charge is 0.0787 e. The van der Waals surface area contributed by atoms with Crippen molar-refractivity contribution in [1.29, 1.82) is 0 Å². The number of nitrogens with one attached hydrogen (secondary N) is 1. The van der Waals surface area contributed by atoms with Gasteiger partial charge in [-0.25, -0.2) is 10.5 Å². The van der Waals surface area contributed by atoms with Crippen LogP contribution < -0.4 is 5.43 Å². The lowest BCUT2D eigenvalue weighted by atomic mass is 9.91. The van der Waals surface area contributed by atoms with Crippen molar-refractivity contribution < 1.29 is 0 Å². The molecule has 3 rings (SSSR count). The summed E-state index contributed by atoms with van der Waals surface area (Å²) in [5, 5.41) is 7.28. The van der Waals surface area contributed by atoms with Gasteiger partial charge in [-0.15, -0.1) is 0 Å². The monoisotopic (exact) mass is 285 g/mol. The maximum atomic E-state index is 5.97. The van der Waals surface area contributed by atoms with Gasteiger partial charge >= 0.3 is 0 Å². The van der Waals surface area contributed by atoms with Gasteiger partial charge in [0.2, 0.25) is 0 Å². The van der Waals surface area contributed by atoms with Crippen LogP contribution in [0.4, 0.5) is 0 Å². The first-order valence-corrected chi connectivity index (χ1v) is 7.00. The molecule has 2 aromatic rings. The summed E-state index contributed by atoms with van der Waals surface area (Å²) in [6.45, 7) is 0.832. The minimum Gasteiger partial charge on any atom is -0.229 e. The summed E-state index contributed by atoms with van der Waals surface area (Å²) in [6.07, 6.45) is 0. The highest BCUT2D eigenvalue weighted by Gasteiger charge is 2.28. The Morgan fingerprint density at radius 1 is 1.10 bits per heavy atom. The Kier molecular flexibility index (Phi) is 3.72. The molecule has 0 spiro atoms. The third-order valence-electron chi connectivity index (χ3n) is 3.51. The number of hydrogen-bond acceptors (Lipinski definition) is 3. The Hall–Kier alpha value is -1.84. The van der Waals surface area contributed by atoms with Crippen LogP contribution in [0.1, 0.15) is 17.0 Å². The number of halogens is 1. The number of hydrazine groups is 1.